The van der Waals surface area contributed by atoms with Crippen molar-refractivity contribution in [3.63, 3.8) is 0 Å². The topological polar surface area (TPSA) is 49.6 Å². The number of hydrazone groups is 1. The molecule has 0 fully saturated rings. The van der Waals surface area contributed by atoms with Gasteiger partial charge >= 0.3 is 0 Å². The summed E-state index contributed by atoms with van der Waals surface area (Å²) in [5.74, 6) is 0.651. The second kappa shape index (κ2) is 4.98. The number of hydrogen-bond donors (Lipinski definition) is 2. The zero-order valence-corrected chi connectivity index (χ0v) is 9.28. The molecule has 0 aliphatic carbocycles. The first-order valence-electron chi connectivity index (χ1n) is 3.48. The Labute approximate surface area is 89.5 Å². The van der Waals surface area contributed by atoms with Crippen LogP contribution >= 0.6 is 28.1 Å². The lowest BCUT2D eigenvalue weighted by Gasteiger charge is -1.97. The van der Waals surface area contributed by atoms with Crippen molar-refractivity contribution in [3.05, 3.63) is 22.6 Å². The van der Waals surface area contributed by atoms with E-state index in [-0.39, 0.29) is 0 Å². The Kier molecular flexibility index (Phi) is 3.91. The molecule has 0 aliphatic heterocycles. The van der Waals surface area contributed by atoms with Crippen LogP contribution in [-0.4, -0.2) is 18.4 Å². The van der Waals surface area contributed by atoms with E-state index in [1.807, 2.05) is 0 Å². The predicted molar refractivity (Wildman–Crippen MR) is 58.8 cm³/mol. The summed E-state index contributed by atoms with van der Waals surface area (Å²) in [6.45, 7) is 0. The fourth-order valence-corrected chi connectivity index (χ4v) is 0.980. The van der Waals surface area contributed by atoms with Gasteiger partial charge in [-0.1, -0.05) is 0 Å². The van der Waals surface area contributed by atoms with Gasteiger partial charge in [0.1, 0.15) is 5.76 Å². The van der Waals surface area contributed by atoms with E-state index in [1.165, 1.54) is 6.21 Å². The van der Waals surface area contributed by atoms with Crippen molar-refractivity contribution in [2.45, 2.75) is 0 Å². The monoisotopic (exact) mass is 261 g/mol. The molecule has 0 spiro atoms. The Morgan fingerprint density at radius 1 is 1.69 bits per heavy atom. The Morgan fingerprint density at radius 2 is 2.46 bits per heavy atom. The van der Waals surface area contributed by atoms with Crippen LogP contribution in [0.2, 0.25) is 0 Å². The highest BCUT2D eigenvalue weighted by molar-refractivity contribution is 9.10. The molecule has 0 unspecified atom stereocenters. The van der Waals surface area contributed by atoms with Crippen molar-refractivity contribution in [2.24, 2.45) is 5.10 Å². The molecule has 0 amide bonds. The highest BCUT2D eigenvalue weighted by Gasteiger charge is 1.94. The van der Waals surface area contributed by atoms with Crippen molar-refractivity contribution in [2.75, 3.05) is 7.05 Å². The molecular weight excluding hydrogens is 254 g/mol. The van der Waals surface area contributed by atoms with Gasteiger partial charge in [-0.05, 0) is 40.3 Å². The number of halogens is 1. The first-order valence-corrected chi connectivity index (χ1v) is 4.68. The predicted octanol–water partition coefficient (Wildman–Crippen LogP) is 1.47. The summed E-state index contributed by atoms with van der Waals surface area (Å²) < 4.78 is 5.83. The molecule has 13 heavy (non-hydrogen) atoms. The van der Waals surface area contributed by atoms with E-state index >= 15 is 0 Å². The number of hydrogen-bond acceptors (Lipinski definition) is 3. The molecule has 70 valence electrons. The molecule has 0 saturated heterocycles. The SMILES string of the molecule is CNC(=S)N/N=C/c1ccc(Br)o1. The van der Waals surface area contributed by atoms with E-state index in [9.17, 15) is 0 Å². The maximum Gasteiger partial charge on any atom is 0.186 e. The average Bonchev–Trinajstić information content (AvgIpc) is 2.51. The molecule has 0 atom stereocenters. The first-order chi connectivity index (χ1) is 6.22. The third kappa shape index (κ3) is 3.56. The zero-order chi connectivity index (χ0) is 9.68. The van der Waals surface area contributed by atoms with Crippen molar-refractivity contribution < 1.29 is 4.42 Å². The van der Waals surface area contributed by atoms with Gasteiger partial charge in [-0.2, -0.15) is 5.10 Å². The quantitative estimate of drug-likeness (QED) is 0.481. The van der Waals surface area contributed by atoms with Crippen LogP contribution in [0.4, 0.5) is 0 Å². The van der Waals surface area contributed by atoms with Crippen LogP contribution in [0.25, 0.3) is 0 Å². The zero-order valence-electron chi connectivity index (χ0n) is 6.87. The standard InChI is InChI=1S/C7H8BrN3OS/c1-9-7(13)11-10-4-5-2-3-6(8)12-5/h2-4H,1H3,(H2,9,11,13)/b10-4+. The second-order valence-corrected chi connectivity index (χ2v) is 3.28. The minimum atomic E-state index is 0.460. The van der Waals surface area contributed by atoms with Gasteiger partial charge in [0.2, 0.25) is 0 Å². The van der Waals surface area contributed by atoms with E-state index in [0.29, 0.717) is 15.5 Å². The summed E-state index contributed by atoms with van der Waals surface area (Å²) in [5, 5.41) is 7.02. The van der Waals surface area contributed by atoms with Crippen molar-refractivity contribution in [3.8, 4) is 0 Å². The van der Waals surface area contributed by atoms with Gasteiger partial charge in [0.05, 0.1) is 6.21 Å². The number of rotatable bonds is 2. The molecule has 0 saturated carbocycles. The molecule has 1 aromatic heterocycles. The molecule has 6 heteroatoms. The van der Waals surface area contributed by atoms with Gasteiger partial charge in [-0.15, -0.1) is 0 Å². The summed E-state index contributed by atoms with van der Waals surface area (Å²) in [6, 6.07) is 3.58. The lowest BCUT2D eigenvalue weighted by atomic mass is 10.5. The minimum absolute atomic E-state index is 0.460. The molecular formula is C7H8BrN3OS. The van der Waals surface area contributed by atoms with Crippen molar-refractivity contribution >= 4 is 39.5 Å². The van der Waals surface area contributed by atoms with Gasteiger partial charge in [-0.3, -0.25) is 5.43 Å². The first kappa shape index (κ1) is 10.2. The third-order valence-corrected chi connectivity index (χ3v) is 1.90. The van der Waals surface area contributed by atoms with E-state index in [1.54, 1.807) is 19.2 Å². The van der Waals surface area contributed by atoms with Gasteiger partial charge in [0, 0.05) is 7.05 Å². The van der Waals surface area contributed by atoms with E-state index in [2.05, 4.69) is 31.8 Å². The fraction of sp³-hybridized carbons (Fsp3) is 0.143. The van der Waals surface area contributed by atoms with Crippen LogP contribution in [0.1, 0.15) is 5.76 Å². The molecule has 1 heterocycles. The molecule has 1 aromatic rings. The lowest BCUT2D eigenvalue weighted by Crippen LogP contribution is -2.28. The van der Waals surface area contributed by atoms with Gasteiger partial charge in [-0.25, -0.2) is 0 Å². The van der Waals surface area contributed by atoms with Gasteiger partial charge < -0.3 is 9.73 Å². The Bertz CT molecular complexity index is 323. The molecule has 0 radical (unpaired) electrons. The van der Waals surface area contributed by atoms with Crippen LogP contribution in [-0.2, 0) is 0 Å². The summed E-state index contributed by atoms with van der Waals surface area (Å²) in [6.07, 6.45) is 1.54. The second-order valence-electron chi connectivity index (χ2n) is 2.09. The summed E-state index contributed by atoms with van der Waals surface area (Å²) >= 11 is 7.98. The van der Waals surface area contributed by atoms with E-state index in [0.717, 1.165) is 0 Å². The molecule has 1 rings (SSSR count). The highest BCUT2D eigenvalue weighted by Crippen LogP contribution is 2.11. The summed E-state index contributed by atoms with van der Waals surface area (Å²) in [7, 11) is 1.72. The van der Waals surface area contributed by atoms with E-state index < -0.39 is 0 Å². The normalized spacial score (nSPS) is 10.3. The maximum absolute atomic E-state index is 5.16. The van der Waals surface area contributed by atoms with Crippen LogP contribution in [0, 0.1) is 0 Å². The number of nitrogens with zero attached hydrogens (tertiary/aromatic N) is 1. The number of thiocarbonyl (C=S) groups is 1. The Balaban J connectivity index is 2.45. The average molecular weight is 262 g/mol. The number of nitrogens with one attached hydrogen (secondary N) is 2. The van der Waals surface area contributed by atoms with Crippen molar-refractivity contribution in [1.29, 1.82) is 0 Å². The molecule has 0 bridgehead atoms. The maximum atomic E-state index is 5.16. The smallest absolute Gasteiger partial charge is 0.186 e. The third-order valence-electron chi connectivity index (χ3n) is 1.18. The molecule has 0 aliphatic rings. The summed E-state index contributed by atoms with van der Waals surface area (Å²) in [5.41, 5.74) is 2.60. The molecule has 4 nitrogen and oxygen atoms in total. The van der Waals surface area contributed by atoms with Crippen LogP contribution in [0.3, 0.4) is 0 Å². The minimum Gasteiger partial charge on any atom is -0.448 e. The van der Waals surface area contributed by atoms with Crippen LogP contribution in [0.5, 0.6) is 0 Å². The lowest BCUT2D eigenvalue weighted by molar-refractivity contribution is 0.534. The summed E-state index contributed by atoms with van der Waals surface area (Å²) in [4.78, 5) is 0. The van der Waals surface area contributed by atoms with E-state index in [4.69, 9.17) is 16.6 Å². The highest BCUT2D eigenvalue weighted by atomic mass is 79.9. The van der Waals surface area contributed by atoms with Gasteiger partial charge in [0.25, 0.3) is 0 Å². The Hall–Kier alpha value is -0.880. The van der Waals surface area contributed by atoms with Crippen molar-refractivity contribution in [1.82, 2.24) is 10.7 Å². The Morgan fingerprint density at radius 3 is 3.00 bits per heavy atom. The molecule has 2 N–H and O–H groups in total. The van der Waals surface area contributed by atoms with Gasteiger partial charge in [0.15, 0.2) is 9.78 Å². The number of furan rings is 1. The largest absolute Gasteiger partial charge is 0.448 e. The van der Waals surface area contributed by atoms with Crippen LogP contribution in [0.15, 0.2) is 26.3 Å². The molecule has 0 aromatic carbocycles. The van der Waals surface area contributed by atoms with Crippen LogP contribution < -0.4 is 10.7 Å². The fourth-order valence-electron chi connectivity index (χ4n) is 0.608.